The van der Waals surface area contributed by atoms with Crippen LogP contribution in [0.3, 0.4) is 0 Å². The molecule has 1 aromatic heterocycles. The van der Waals surface area contributed by atoms with Crippen LogP contribution < -0.4 is 10.6 Å². The van der Waals surface area contributed by atoms with Crippen LogP contribution in [-0.2, 0) is 4.79 Å². The van der Waals surface area contributed by atoms with Gasteiger partial charge in [-0.3, -0.25) is 19.4 Å². The van der Waals surface area contributed by atoms with Gasteiger partial charge in [-0.1, -0.05) is 6.07 Å². The van der Waals surface area contributed by atoms with E-state index in [0.717, 1.165) is 6.42 Å². The fraction of sp³-hybridized carbons (Fsp3) is 0.263. The highest BCUT2D eigenvalue weighted by Crippen LogP contribution is 2.35. The molecule has 0 bridgehead atoms. The maximum atomic E-state index is 12.5. The van der Waals surface area contributed by atoms with Gasteiger partial charge in [0.05, 0.1) is 17.5 Å². The maximum absolute atomic E-state index is 12.5. The number of nitrogens with zero attached hydrogens (tertiary/aromatic N) is 1. The van der Waals surface area contributed by atoms with Gasteiger partial charge < -0.3 is 15.7 Å². The molecule has 0 radical (unpaired) electrons. The average molecular weight is 353 g/mol. The molecule has 0 saturated heterocycles. The number of nitrogens with one attached hydrogen (secondary N) is 2. The number of aromatic nitrogens is 1. The maximum Gasteiger partial charge on any atom is 0.305 e. The molecule has 134 valence electrons. The third kappa shape index (κ3) is 4.05. The summed E-state index contributed by atoms with van der Waals surface area (Å²) in [5, 5.41) is 14.6. The number of carbonyl (C=O) groups excluding carboxylic acids is 2. The number of hydrogen-bond donors (Lipinski definition) is 3. The Balaban J connectivity index is 1.69. The molecule has 0 atom stereocenters. The number of carboxylic acids is 1. The zero-order chi connectivity index (χ0) is 18.6. The minimum absolute atomic E-state index is 0.0871. The number of carboxylic acid groups (broad SMARTS) is 1. The predicted octanol–water partition coefficient (Wildman–Crippen LogP) is 2.46. The number of aliphatic carboxylic acids is 1. The van der Waals surface area contributed by atoms with Crippen LogP contribution in [0.25, 0.3) is 0 Å². The zero-order valence-corrected chi connectivity index (χ0v) is 14.1. The second-order valence-electron chi connectivity index (χ2n) is 6.44. The second-order valence-corrected chi connectivity index (χ2v) is 6.44. The van der Waals surface area contributed by atoms with Gasteiger partial charge in [-0.2, -0.15) is 0 Å². The number of hydrogen-bond acceptors (Lipinski definition) is 4. The van der Waals surface area contributed by atoms with E-state index in [4.69, 9.17) is 5.11 Å². The molecule has 2 aromatic rings. The Morgan fingerprint density at radius 1 is 1.08 bits per heavy atom. The SMILES string of the molecule is O=C(O)CC1(NC(=O)c2cccc(NC(=O)c3cccnc3)c2)CCC1. The second kappa shape index (κ2) is 7.35. The van der Waals surface area contributed by atoms with Gasteiger partial charge in [0.15, 0.2) is 0 Å². The molecule has 7 heteroatoms. The van der Waals surface area contributed by atoms with Gasteiger partial charge in [0.25, 0.3) is 11.8 Å². The van der Waals surface area contributed by atoms with Crippen molar-refractivity contribution in [3.8, 4) is 0 Å². The third-order valence-corrected chi connectivity index (χ3v) is 4.49. The standard InChI is InChI=1S/C19H19N3O4/c23-16(24)11-19(7-3-8-19)22-18(26)13-4-1-6-15(10-13)21-17(25)14-5-2-9-20-12-14/h1-2,4-6,9-10,12H,3,7-8,11H2,(H,21,25)(H,22,26)(H,23,24). The molecule has 2 amide bonds. The van der Waals surface area contributed by atoms with Gasteiger partial charge in [0, 0.05) is 23.6 Å². The molecular formula is C19H19N3O4. The normalized spacial score (nSPS) is 14.8. The summed E-state index contributed by atoms with van der Waals surface area (Å²) in [4.78, 5) is 39.6. The molecule has 1 saturated carbocycles. The Morgan fingerprint density at radius 3 is 2.46 bits per heavy atom. The molecule has 1 aromatic carbocycles. The van der Waals surface area contributed by atoms with Crippen molar-refractivity contribution in [1.82, 2.24) is 10.3 Å². The molecule has 1 aliphatic rings. The van der Waals surface area contributed by atoms with Crippen molar-refractivity contribution in [3.63, 3.8) is 0 Å². The first-order chi connectivity index (χ1) is 12.5. The highest BCUT2D eigenvalue weighted by atomic mass is 16.4. The molecule has 1 aliphatic carbocycles. The lowest BCUT2D eigenvalue weighted by Crippen LogP contribution is -2.54. The Labute approximate surface area is 150 Å². The highest BCUT2D eigenvalue weighted by Gasteiger charge is 2.40. The largest absolute Gasteiger partial charge is 0.481 e. The lowest BCUT2D eigenvalue weighted by atomic mass is 9.74. The first-order valence-corrected chi connectivity index (χ1v) is 8.33. The topological polar surface area (TPSA) is 108 Å². The van der Waals surface area contributed by atoms with Gasteiger partial charge >= 0.3 is 5.97 Å². The number of rotatable bonds is 6. The van der Waals surface area contributed by atoms with Crippen LogP contribution in [0, 0.1) is 0 Å². The number of anilines is 1. The lowest BCUT2D eigenvalue weighted by molar-refractivity contribution is -0.139. The van der Waals surface area contributed by atoms with E-state index in [-0.39, 0.29) is 18.2 Å². The van der Waals surface area contributed by atoms with E-state index in [0.29, 0.717) is 29.7 Å². The fourth-order valence-corrected chi connectivity index (χ4v) is 2.99. The molecule has 3 N–H and O–H groups in total. The van der Waals surface area contributed by atoms with Gasteiger partial charge in [0.1, 0.15) is 0 Å². The van der Waals surface area contributed by atoms with Gasteiger partial charge in [-0.25, -0.2) is 0 Å². The first kappa shape index (κ1) is 17.6. The number of benzene rings is 1. The van der Waals surface area contributed by atoms with Crippen LogP contribution in [-0.4, -0.2) is 33.4 Å². The Morgan fingerprint density at radius 2 is 1.85 bits per heavy atom. The van der Waals surface area contributed by atoms with E-state index in [2.05, 4.69) is 15.6 Å². The van der Waals surface area contributed by atoms with Crippen LogP contribution in [0.2, 0.25) is 0 Å². The zero-order valence-electron chi connectivity index (χ0n) is 14.1. The first-order valence-electron chi connectivity index (χ1n) is 8.33. The molecule has 0 aliphatic heterocycles. The Hall–Kier alpha value is -3.22. The molecular weight excluding hydrogens is 334 g/mol. The van der Waals surface area contributed by atoms with E-state index in [9.17, 15) is 14.4 Å². The van der Waals surface area contributed by atoms with Crippen molar-refractivity contribution in [1.29, 1.82) is 0 Å². The quantitative estimate of drug-likeness (QED) is 0.739. The number of carbonyl (C=O) groups is 3. The van der Waals surface area contributed by atoms with Crippen molar-refractivity contribution in [2.24, 2.45) is 0 Å². The van der Waals surface area contributed by atoms with Crippen LogP contribution in [0.5, 0.6) is 0 Å². The summed E-state index contributed by atoms with van der Waals surface area (Å²) in [6, 6.07) is 9.85. The van der Waals surface area contributed by atoms with Crippen molar-refractivity contribution in [2.75, 3.05) is 5.32 Å². The molecule has 26 heavy (non-hydrogen) atoms. The summed E-state index contributed by atoms with van der Waals surface area (Å²) in [5.41, 5.74) is 0.591. The van der Waals surface area contributed by atoms with Crippen molar-refractivity contribution in [3.05, 3.63) is 59.9 Å². The monoisotopic (exact) mass is 353 g/mol. The molecule has 7 nitrogen and oxygen atoms in total. The van der Waals surface area contributed by atoms with Gasteiger partial charge in [0.2, 0.25) is 0 Å². The molecule has 1 fully saturated rings. The number of amides is 2. The van der Waals surface area contributed by atoms with E-state index in [1.165, 1.54) is 6.20 Å². The summed E-state index contributed by atoms with van der Waals surface area (Å²) >= 11 is 0. The lowest BCUT2D eigenvalue weighted by Gasteiger charge is -2.41. The smallest absolute Gasteiger partial charge is 0.305 e. The number of pyridine rings is 1. The van der Waals surface area contributed by atoms with Crippen LogP contribution in [0.4, 0.5) is 5.69 Å². The Kier molecular flexibility index (Phi) is 4.97. The summed E-state index contributed by atoms with van der Waals surface area (Å²) in [6.07, 6.45) is 5.16. The molecule has 3 rings (SSSR count). The molecule has 1 heterocycles. The summed E-state index contributed by atoms with van der Waals surface area (Å²) < 4.78 is 0. The van der Waals surface area contributed by atoms with Crippen LogP contribution in [0.1, 0.15) is 46.4 Å². The average Bonchev–Trinajstić information content (AvgIpc) is 2.60. The van der Waals surface area contributed by atoms with Crippen LogP contribution in [0.15, 0.2) is 48.8 Å². The van der Waals surface area contributed by atoms with Crippen molar-refractivity contribution >= 4 is 23.5 Å². The van der Waals surface area contributed by atoms with E-state index >= 15 is 0 Å². The molecule has 0 unspecified atom stereocenters. The highest BCUT2D eigenvalue weighted by molar-refractivity contribution is 6.05. The molecule has 0 spiro atoms. The van der Waals surface area contributed by atoms with Crippen molar-refractivity contribution < 1.29 is 19.5 Å². The fourth-order valence-electron chi connectivity index (χ4n) is 2.99. The Bertz CT molecular complexity index is 832. The summed E-state index contributed by atoms with van der Waals surface area (Å²) in [5.74, 6) is -1.59. The summed E-state index contributed by atoms with van der Waals surface area (Å²) in [6.45, 7) is 0. The van der Waals surface area contributed by atoms with Gasteiger partial charge in [-0.05, 0) is 49.6 Å². The third-order valence-electron chi connectivity index (χ3n) is 4.49. The van der Waals surface area contributed by atoms with E-state index in [1.54, 1.807) is 42.6 Å². The van der Waals surface area contributed by atoms with Crippen LogP contribution >= 0.6 is 0 Å². The minimum Gasteiger partial charge on any atom is -0.481 e. The van der Waals surface area contributed by atoms with E-state index in [1.807, 2.05) is 0 Å². The predicted molar refractivity (Wildman–Crippen MR) is 94.9 cm³/mol. The minimum atomic E-state index is -0.928. The van der Waals surface area contributed by atoms with Crippen molar-refractivity contribution in [2.45, 2.75) is 31.2 Å². The summed E-state index contributed by atoms with van der Waals surface area (Å²) in [7, 11) is 0. The van der Waals surface area contributed by atoms with E-state index < -0.39 is 11.5 Å². The van der Waals surface area contributed by atoms with Gasteiger partial charge in [-0.15, -0.1) is 0 Å².